The summed E-state index contributed by atoms with van der Waals surface area (Å²) in [4.78, 5) is 0. The summed E-state index contributed by atoms with van der Waals surface area (Å²) in [5.74, 6) is 1.03. The summed E-state index contributed by atoms with van der Waals surface area (Å²) in [5, 5.41) is 39.5. The third-order valence-electron chi connectivity index (χ3n) is 5.30. The highest BCUT2D eigenvalue weighted by Crippen LogP contribution is 2.37. The lowest BCUT2D eigenvalue weighted by Crippen LogP contribution is -2.55. The molecular weight excluding hydrogens is 420 g/mol. The van der Waals surface area contributed by atoms with Gasteiger partial charge < -0.3 is 34.6 Å². The number of aliphatic hydroxyl groups excluding tert-OH is 4. The van der Waals surface area contributed by atoms with Gasteiger partial charge in [-0.1, -0.05) is 37.3 Å². The molecule has 1 aliphatic rings. The van der Waals surface area contributed by atoms with Gasteiger partial charge in [-0.3, -0.25) is 0 Å². The second-order valence-electron chi connectivity index (χ2n) is 7.48. The average molecular weight is 451 g/mol. The van der Waals surface area contributed by atoms with E-state index in [9.17, 15) is 20.4 Å². The highest BCUT2D eigenvalue weighted by atomic mass is 32.2. The molecule has 3 rings (SSSR count). The van der Waals surface area contributed by atoms with Gasteiger partial charge in [-0.2, -0.15) is 0 Å². The molecule has 1 aliphatic heterocycles. The Labute approximate surface area is 186 Å². The number of aryl methyl sites for hydroxylation is 1. The maximum atomic E-state index is 10.4. The first-order chi connectivity index (χ1) is 15.0. The summed E-state index contributed by atoms with van der Waals surface area (Å²) in [6, 6.07) is 13.8. The first-order valence-electron chi connectivity index (χ1n) is 10.3. The largest absolute Gasteiger partial charge is 0.476 e. The van der Waals surface area contributed by atoms with E-state index in [2.05, 4.69) is 31.2 Å². The van der Waals surface area contributed by atoms with E-state index in [-0.39, 0.29) is 13.4 Å². The highest BCUT2D eigenvalue weighted by Gasteiger charge is 2.44. The first-order valence-corrected chi connectivity index (χ1v) is 11.2. The standard InChI is InChI=1S/C23H30O7S/c1-3-14-4-6-15(7-5-14)10-16-8-9-17(29-13-28-2)11-18(16)30-23-22(27)21(26)20(25)19(12-24)31-23/h4-9,11,19-27H,3,10,12-13H2,1-2H3/t19-,20-,21+,22-,23?/m1/s1. The highest BCUT2D eigenvalue weighted by molar-refractivity contribution is 8.00. The van der Waals surface area contributed by atoms with E-state index < -0.39 is 29.0 Å². The van der Waals surface area contributed by atoms with Crippen molar-refractivity contribution in [3.8, 4) is 11.5 Å². The van der Waals surface area contributed by atoms with Crippen molar-refractivity contribution in [1.82, 2.24) is 0 Å². The molecule has 5 atom stereocenters. The Balaban J connectivity index is 1.86. The zero-order valence-electron chi connectivity index (χ0n) is 17.7. The molecule has 1 saturated heterocycles. The van der Waals surface area contributed by atoms with Crippen LogP contribution in [0.2, 0.25) is 0 Å². The molecule has 1 fully saturated rings. The monoisotopic (exact) mass is 450 g/mol. The minimum absolute atomic E-state index is 0.0789. The predicted octanol–water partition coefficient (Wildman–Crippen LogP) is 1.72. The maximum Gasteiger partial charge on any atom is 0.188 e. The summed E-state index contributed by atoms with van der Waals surface area (Å²) in [6.45, 7) is 1.84. The summed E-state index contributed by atoms with van der Waals surface area (Å²) >= 11 is 1.09. The van der Waals surface area contributed by atoms with Crippen molar-refractivity contribution in [3.63, 3.8) is 0 Å². The molecule has 2 aromatic rings. The van der Waals surface area contributed by atoms with Crippen molar-refractivity contribution in [2.75, 3.05) is 20.5 Å². The molecule has 7 nitrogen and oxygen atoms in total. The molecular formula is C23H30O7S. The minimum Gasteiger partial charge on any atom is -0.476 e. The smallest absolute Gasteiger partial charge is 0.188 e. The van der Waals surface area contributed by atoms with Gasteiger partial charge in [0, 0.05) is 19.6 Å². The van der Waals surface area contributed by atoms with Gasteiger partial charge in [-0.05, 0) is 29.2 Å². The van der Waals surface area contributed by atoms with Crippen molar-refractivity contribution in [1.29, 1.82) is 0 Å². The Kier molecular flexibility index (Phi) is 8.59. The Morgan fingerprint density at radius 1 is 0.935 bits per heavy atom. The van der Waals surface area contributed by atoms with Gasteiger partial charge in [0.25, 0.3) is 0 Å². The Hall–Kier alpha value is -1.81. The predicted molar refractivity (Wildman–Crippen MR) is 118 cm³/mol. The SMILES string of the molecule is CCc1ccc(Cc2ccc(OCOC)cc2OC2S[C@H](CO)[C@@H](O)[C@H](O)[C@H]2O)cc1. The number of methoxy groups -OCH3 is 1. The molecule has 0 radical (unpaired) electrons. The fraction of sp³-hybridized carbons (Fsp3) is 0.478. The van der Waals surface area contributed by atoms with Gasteiger partial charge in [0.1, 0.15) is 23.7 Å². The van der Waals surface area contributed by atoms with Gasteiger partial charge in [0.05, 0.1) is 18.0 Å². The molecule has 8 heteroatoms. The number of hydrogen-bond acceptors (Lipinski definition) is 8. The first kappa shape index (κ1) is 23.8. The summed E-state index contributed by atoms with van der Waals surface area (Å²) in [5.41, 5.74) is 2.37. The molecule has 2 aromatic carbocycles. The number of rotatable bonds is 9. The zero-order valence-corrected chi connectivity index (χ0v) is 18.5. The minimum atomic E-state index is -1.42. The van der Waals surface area contributed by atoms with E-state index in [1.807, 2.05) is 12.1 Å². The van der Waals surface area contributed by atoms with Gasteiger partial charge in [0.15, 0.2) is 12.2 Å². The molecule has 31 heavy (non-hydrogen) atoms. The molecule has 170 valence electrons. The molecule has 0 bridgehead atoms. The van der Waals surface area contributed by atoms with Crippen LogP contribution in [0.15, 0.2) is 42.5 Å². The third-order valence-corrected chi connectivity index (χ3v) is 6.72. The Morgan fingerprint density at radius 2 is 1.65 bits per heavy atom. The second-order valence-corrected chi connectivity index (χ2v) is 8.82. The zero-order chi connectivity index (χ0) is 22.4. The maximum absolute atomic E-state index is 10.4. The van der Waals surface area contributed by atoms with Crippen LogP contribution in [0.25, 0.3) is 0 Å². The van der Waals surface area contributed by atoms with Crippen molar-refractivity contribution >= 4 is 11.8 Å². The van der Waals surface area contributed by atoms with Crippen LogP contribution in [-0.2, 0) is 17.6 Å². The van der Waals surface area contributed by atoms with Crippen LogP contribution < -0.4 is 9.47 Å². The second kappa shape index (κ2) is 11.2. The molecule has 0 saturated carbocycles. The fourth-order valence-electron chi connectivity index (χ4n) is 3.41. The van der Waals surface area contributed by atoms with Gasteiger partial charge in [0.2, 0.25) is 0 Å². The molecule has 1 unspecified atom stereocenters. The fourth-order valence-corrected chi connectivity index (χ4v) is 4.64. The Bertz CT molecular complexity index is 827. The van der Waals surface area contributed by atoms with Crippen molar-refractivity contribution in [3.05, 3.63) is 59.2 Å². The summed E-state index contributed by atoms with van der Waals surface area (Å²) < 4.78 is 16.6. The molecule has 0 aliphatic carbocycles. The van der Waals surface area contributed by atoms with Crippen LogP contribution in [0.4, 0.5) is 0 Å². The third kappa shape index (κ3) is 5.91. The van der Waals surface area contributed by atoms with E-state index in [1.54, 1.807) is 6.07 Å². The van der Waals surface area contributed by atoms with Crippen LogP contribution >= 0.6 is 11.8 Å². The number of hydrogen-bond donors (Lipinski definition) is 4. The van der Waals surface area contributed by atoms with Crippen molar-refractivity contribution in [2.24, 2.45) is 0 Å². The van der Waals surface area contributed by atoms with Gasteiger partial charge in [-0.15, -0.1) is 11.8 Å². The lowest BCUT2D eigenvalue weighted by atomic mass is 10.0. The normalized spacial score (nSPS) is 25.9. The van der Waals surface area contributed by atoms with E-state index >= 15 is 0 Å². The lowest BCUT2D eigenvalue weighted by molar-refractivity contribution is -0.0910. The van der Waals surface area contributed by atoms with Crippen LogP contribution in [0.3, 0.4) is 0 Å². The topological polar surface area (TPSA) is 109 Å². The number of ether oxygens (including phenoxy) is 3. The van der Waals surface area contributed by atoms with Crippen LogP contribution in [0.1, 0.15) is 23.6 Å². The number of thioether (sulfide) groups is 1. The van der Waals surface area contributed by atoms with E-state index in [0.29, 0.717) is 17.9 Å². The van der Waals surface area contributed by atoms with Crippen molar-refractivity contribution < 1.29 is 34.6 Å². The molecule has 1 heterocycles. The molecule has 4 N–H and O–H groups in total. The lowest BCUT2D eigenvalue weighted by Gasteiger charge is -2.39. The van der Waals surface area contributed by atoms with Gasteiger partial charge in [-0.25, -0.2) is 0 Å². The van der Waals surface area contributed by atoms with Crippen molar-refractivity contribution in [2.45, 2.75) is 48.8 Å². The molecule has 0 amide bonds. The van der Waals surface area contributed by atoms with E-state index in [4.69, 9.17) is 14.2 Å². The average Bonchev–Trinajstić information content (AvgIpc) is 2.79. The summed E-state index contributed by atoms with van der Waals surface area (Å²) in [6.07, 6.45) is -2.40. The Morgan fingerprint density at radius 3 is 2.29 bits per heavy atom. The summed E-state index contributed by atoms with van der Waals surface area (Å²) in [7, 11) is 1.53. The van der Waals surface area contributed by atoms with E-state index in [0.717, 1.165) is 29.3 Å². The van der Waals surface area contributed by atoms with Crippen LogP contribution in [-0.4, -0.2) is 69.9 Å². The van der Waals surface area contributed by atoms with Crippen LogP contribution in [0.5, 0.6) is 11.5 Å². The van der Waals surface area contributed by atoms with E-state index in [1.165, 1.54) is 12.7 Å². The molecule has 0 spiro atoms. The number of aliphatic hydroxyl groups is 4. The van der Waals surface area contributed by atoms with Gasteiger partial charge >= 0.3 is 0 Å². The quantitative estimate of drug-likeness (QED) is 0.428. The molecule has 0 aromatic heterocycles. The number of benzene rings is 2. The van der Waals surface area contributed by atoms with Crippen LogP contribution in [0, 0.1) is 0 Å².